The summed E-state index contributed by atoms with van der Waals surface area (Å²) >= 11 is 0. The van der Waals surface area contributed by atoms with E-state index in [1.807, 2.05) is 0 Å². The van der Waals surface area contributed by atoms with Crippen LogP contribution in [0, 0.1) is 0 Å². The Hall–Kier alpha value is -0.940. The molecular weight excluding hydrogens is 240 g/mol. The summed E-state index contributed by atoms with van der Waals surface area (Å²) in [6.45, 7) is 3.51. The van der Waals surface area contributed by atoms with Crippen LogP contribution in [0.5, 0.6) is 0 Å². The van der Waals surface area contributed by atoms with Crippen LogP contribution in [0.1, 0.15) is 11.1 Å². The molecule has 4 nitrogen and oxygen atoms in total. The first-order valence-electron chi connectivity index (χ1n) is 6.82. The highest BCUT2D eigenvalue weighted by atomic mass is 16.5. The van der Waals surface area contributed by atoms with Crippen LogP contribution in [-0.2, 0) is 22.4 Å². The second kappa shape index (κ2) is 7.01. The molecule has 1 aromatic rings. The van der Waals surface area contributed by atoms with Gasteiger partial charge in [0.1, 0.15) is 0 Å². The smallest absolute Gasteiger partial charge is 0.0971 e. The van der Waals surface area contributed by atoms with Crippen LogP contribution in [0.3, 0.4) is 0 Å². The Balaban J connectivity index is 1.91. The van der Waals surface area contributed by atoms with Crippen molar-refractivity contribution in [1.29, 1.82) is 0 Å². The highest BCUT2D eigenvalue weighted by Gasteiger charge is 2.32. The molecule has 1 heterocycles. The molecule has 0 aliphatic carbocycles. The molecule has 0 saturated carbocycles. The summed E-state index contributed by atoms with van der Waals surface area (Å²) in [6, 6.07) is 8.71. The van der Waals surface area contributed by atoms with E-state index >= 15 is 0 Å². The molecule has 2 atom stereocenters. The van der Waals surface area contributed by atoms with Crippen LogP contribution in [0.2, 0.25) is 0 Å². The Morgan fingerprint density at radius 3 is 2.05 bits per heavy atom. The number of benzene rings is 1. The molecule has 1 aliphatic rings. The molecule has 19 heavy (non-hydrogen) atoms. The van der Waals surface area contributed by atoms with E-state index in [4.69, 9.17) is 15.2 Å². The van der Waals surface area contributed by atoms with Crippen LogP contribution in [0.4, 0.5) is 0 Å². The van der Waals surface area contributed by atoms with E-state index in [0.29, 0.717) is 6.54 Å². The molecule has 0 spiro atoms. The molecule has 0 radical (unpaired) electrons. The first-order valence-corrected chi connectivity index (χ1v) is 6.82. The lowest BCUT2D eigenvalue weighted by Crippen LogP contribution is -2.27. The molecule has 1 fully saturated rings. The summed E-state index contributed by atoms with van der Waals surface area (Å²) in [7, 11) is 3.50. The number of methoxy groups -OCH3 is 2. The van der Waals surface area contributed by atoms with Gasteiger partial charge in [-0.25, -0.2) is 0 Å². The van der Waals surface area contributed by atoms with Crippen molar-refractivity contribution in [3.8, 4) is 0 Å². The van der Waals surface area contributed by atoms with Crippen molar-refractivity contribution >= 4 is 0 Å². The number of hydrogen-bond donors (Lipinski definition) is 1. The molecule has 106 valence electrons. The normalized spacial score (nSPS) is 23.9. The zero-order valence-electron chi connectivity index (χ0n) is 11.8. The predicted octanol–water partition coefficient (Wildman–Crippen LogP) is 1.03. The summed E-state index contributed by atoms with van der Waals surface area (Å²) in [5.41, 5.74) is 8.19. The molecule has 2 N–H and O–H groups in total. The Kier molecular flexibility index (Phi) is 5.34. The maximum absolute atomic E-state index is 5.56. The van der Waals surface area contributed by atoms with Gasteiger partial charge in [-0.15, -0.1) is 0 Å². The molecule has 0 amide bonds. The number of ether oxygens (including phenoxy) is 2. The standard InChI is InChI=1S/C15H24N2O2/c1-18-14-10-17(11-15(14)19-2)9-13-5-3-12(4-6-13)7-8-16/h3-6,14-15H,7-11,16H2,1-2H3. The van der Waals surface area contributed by atoms with Crippen molar-refractivity contribution < 1.29 is 9.47 Å². The van der Waals surface area contributed by atoms with Crippen LogP contribution >= 0.6 is 0 Å². The maximum Gasteiger partial charge on any atom is 0.0971 e. The average Bonchev–Trinajstić information content (AvgIpc) is 2.83. The lowest BCUT2D eigenvalue weighted by atomic mass is 10.1. The molecule has 2 unspecified atom stereocenters. The number of hydrogen-bond acceptors (Lipinski definition) is 4. The number of rotatable bonds is 6. The second-order valence-corrected chi connectivity index (χ2v) is 5.10. The fourth-order valence-electron chi connectivity index (χ4n) is 2.64. The largest absolute Gasteiger partial charge is 0.377 e. The summed E-state index contributed by atoms with van der Waals surface area (Å²) in [5, 5.41) is 0. The Morgan fingerprint density at radius 2 is 1.58 bits per heavy atom. The lowest BCUT2D eigenvalue weighted by Gasteiger charge is -2.15. The van der Waals surface area contributed by atoms with Crippen molar-refractivity contribution in [1.82, 2.24) is 4.90 Å². The summed E-state index contributed by atoms with van der Waals surface area (Å²) in [6.07, 6.45) is 1.31. The maximum atomic E-state index is 5.56. The van der Waals surface area contributed by atoms with Gasteiger partial charge in [-0.2, -0.15) is 0 Å². The molecule has 1 aromatic carbocycles. The molecule has 1 saturated heterocycles. The molecule has 0 aromatic heterocycles. The first-order chi connectivity index (χ1) is 9.26. The third-order valence-corrected chi connectivity index (χ3v) is 3.76. The third-order valence-electron chi connectivity index (χ3n) is 3.76. The van der Waals surface area contributed by atoms with Gasteiger partial charge >= 0.3 is 0 Å². The van der Waals surface area contributed by atoms with Crippen LogP contribution in [0.25, 0.3) is 0 Å². The highest BCUT2D eigenvalue weighted by Crippen LogP contribution is 2.18. The summed E-state index contributed by atoms with van der Waals surface area (Å²) in [5.74, 6) is 0. The topological polar surface area (TPSA) is 47.7 Å². The van der Waals surface area contributed by atoms with Gasteiger partial charge in [0.15, 0.2) is 0 Å². The fourth-order valence-corrected chi connectivity index (χ4v) is 2.64. The van der Waals surface area contributed by atoms with Crippen molar-refractivity contribution in [2.24, 2.45) is 5.73 Å². The predicted molar refractivity (Wildman–Crippen MR) is 76.1 cm³/mol. The van der Waals surface area contributed by atoms with E-state index < -0.39 is 0 Å². The monoisotopic (exact) mass is 264 g/mol. The second-order valence-electron chi connectivity index (χ2n) is 5.10. The third kappa shape index (κ3) is 3.76. The minimum Gasteiger partial charge on any atom is -0.377 e. The van der Waals surface area contributed by atoms with E-state index in [1.165, 1.54) is 11.1 Å². The first kappa shape index (κ1) is 14.5. The summed E-state index contributed by atoms with van der Waals surface area (Å²) < 4.78 is 10.9. The van der Waals surface area contributed by atoms with E-state index in [2.05, 4.69) is 29.2 Å². The fraction of sp³-hybridized carbons (Fsp3) is 0.600. The Bertz CT molecular complexity index is 368. The Morgan fingerprint density at radius 1 is 1.05 bits per heavy atom. The van der Waals surface area contributed by atoms with Crippen molar-refractivity contribution in [3.63, 3.8) is 0 Å². The van der Waals surface area contributed by atoms with Crippen molar-refractivity contribution in [2.45, 2.75) is 25.2 Å². The van der Waals surface area contributed by atoms with Crippen molar-refractivity contribution in [3.05, 3.63) is 35.4 Å². The Labute approximate surface area is 115 Å². The molecular formula is C15H24N2O2. The van der Waals surface area contributed by atoms with E-state index in [-0.39, 0.29) is 12.2 Å². The zero-order chi connectivity index (χ0) is 13.7. The van der Waals surface area contributed by atoms with E-state index in [9.17, 15) is 0 Å². The molecule has 1 aliphatic heterocycles. The minimum atomic E-state index is 0.182. The van der Waals surface area contributed by atoms with Crippen LogP contribution in [0.15, 0.2) is 24.3 Å². The molecule has 2 rings (SSSR count). The van der Waals surface area contributed by atoms with Gasteiger partial charge in [-0.3, -0.25) is 4.90 Å². The average molecular weight is 264 g/mol. The number of likely N-dealkylation sites (tertiary alicyclic amines) is 1. The minimum absolute atomic E-state index is 0.182. The molecule has 0 bridgehead atoms. The van der Waals surface area contributed by atoms with Gasteiger partial charge in [0.25, 0.3) is 0 Å². The lowest BCUT2D eigenvalue weighted by molar-refractivity contribution is -0.00461. The highest BCUT2D eigenvalue weighted by molar-refractivity contribution is 5.23. The van der Waals surface area contributed by atoms with Gasteiger partial charge in [0, 0.05) is 33.9 Å². The van der Waals surface area contributed by atoms with Gasteiger partial charge in [0.2, 0.25) is 0 Å². The van der Waals surface area contributed by atoms with Gasteiger partial charge in [0.05, 0.1) is 12.2 Å². The van der Waals surface area contributed by atoms with Gasteiger partial charge < -0.3 is 15.2 Å². The van der Waals surface area contributed by atoms with Crippen LogP contribution < -0.4 is 5.73 Å². The quantitative estimate of drug-likeness (QED) is 0.834. The van der Waals surface area contributed by atoms with Gasteiger partial charge in [-0.1, -0.05) is 24.3 Å². The van der Waals surface area contributed by atoms with E-state index in [0.717, 1.165) is 26.1 Å². The zero-order valence-corrected chi connectivity index (χ0v) is 11.8. The van der Waals surface area contributed by atoms with Crippen LogP contribution in [-0.4, -0.2) is 51.0 Å². The van der Waals surface area contributed by atoms with Crippen molar-refractivity contribution in [2.75, 3.05) is 33.9 Å². The SMILES string of the molecule is COC1CN(Cc2ccc(CCN)cc2)CC1OC. The number of nitrogens with two attached hydrogens (primary N) is 1. The summed E-state index contributed by atoms with van der Waals surface area (Å²) in [4.78, 5) is 2.38. The van der Waals surface area contributed by atoms with Gasteiger partial charge in [-0.05, 0) is 24.1 Å². The molecule has 4 heteroatoms. The van der Waals surface area contributed by atoms with E-state index in [1.54, 1.807) is 14.2 Å². The number of nitrogens with zero attached hydrogens (tertiary/aromatic N) is 1.